The van der Waals surface area contributed by atoms with Gasteiger partial charge in [-0.25, -0.2) is 0 Å². The first-order chi connectivity index (χ1) is 9.74. The van der Waals surface area contributed by atoms with Crippen LogP contribution in [0.4, 0.5) is 0 Å². The molecule has 1 aromatic carbocycles. The molecule has 1 unspecified atom stereocenters. The lowest BCUT2D eigenvalue weighted by Gasteiger charge is -2.32. The first-order valence-electron chi connectivity index (χ1n) is 7.44. The molecular weight excluding hydrogens is 252 g/mol. The van der Waals surface area contributed by atoms with E-state index in [9.17, 15) is 4.79 Å². The molecule has 1 aromatic rings. The Hall–Kier alpha value is -1.39. The van der Waals surface area contributed by atoms with Gasteiger partial charge < -0.3 is 15.4 Å². The third kappa shape index (κ3) is 3.81. The monoisotopic (exact) mass is 276 g/mol. The normalized spacial score (nSPS) is 19.1. The second kappa shape index (κ2) is 7.41. The summed E-state index contributed by atoms with van der Waals surface area (Å²) in [7, 11) is 0. The van der Waals surface area contributed by atoms with Crippen LogP contribution in [-0.2, 0) is 11.2 Å². The Kier molecular flexibility index (Phi) is 5.56. The number of nitrogens with zero attached hydrogens (tertiary/aromatic N) is 1. The average Bonchev–Trinajstić information content (AvgIpc) is 2.48. The molecule has 1 fully saturated rings. The third-order valence-corrected chi connectivity index (χ3v) is 3.70. The maximum atomic E-state index is 12.5. The molecular formula is C16H24N2O2. The lowest BCUT2D eigenvalue weighted by Crippen LogP contribution is -2.43. The summed E-state index contributed by atoms with van der Waals surface area (Å²) < 4.78 is 5.64. The van der Waals surface area contributed by atoms with Crippen LogP contribution < -0.4 is 5.73 Å². The zero-order chi connectivity index (χ0) is 14.4. The Morgan fingerprint density at radius 3 is 2.80 bits per heavy atom. The second-order valence-corrected chi connectivity index (χ2v) is 5.21. The van der Waals surface area contributed by atoms with Gasteiger partial charge in [0.2, 0.25) is 0 Å². The van der Waals surface area contributed by atoms with Gasteiger partial charge in [0, 0.05) is 25.3 Å². The standard InChI is InChI=1S/C16H24N2O2/c1-2-20-15-4-3-11-18(12-15)16(19)14-7-5-13(6-8-14)9-10-17/h5-8,15H,2-4,9-12,17H2,1H3. The van der Waals surface area contributed by atoms with Crippen molar-refractivity contribution in [2.24, 2.45) is 5.73 Å². The molecule has 1 amide bonds. The third-order valence-electron chi connectivity index (χ3n) is 3.70. The summed E-state index contributed by atoms with van der Waals surface area (Å²) in [5, 5.41) is 0. The minimum absolute atomic E-state index is 0.105. The fourth-order valence-electron chi connectivity index (χ4n) is 2.66. The van der Waals surface area contributed by atoms with Crippen LogP contribution in [0.2, 0.25) is 0 Å². The number of likely N-dealkylation sites (tertiary alicyclic amines) is 1. The predicted molar refractivity (Wildman–Crippen MR) is 79.8 cm³/mol. The van der Waals surface area contributed by atoms with E-state index in [4.69, 9.17) is 10.5 Å². The molecule has 110 valence electrons. The Bertz CT molecular complexity index is 429. The Morgan fingerprint density at radius 2 is 2.15 bits per heavy atom. The number of benzene rings is 1. The molecule has 1 aliphatic heterocycles. The number of amides is 1. The van der Waals surface area contributed by atoms with Crippen LogP contribution in [-0.4, -0.2) is 43.2 Å². The molecule has 4 nitrogen and oxygen atoms in total. The molecule has 0 saturated carbocycles. The summed E-state index contributed by atoms with van der Waals surface area (Å²) in [5.41, 5.74) is 7.46. The van der Waals surface area contributed by atoms with E-state index in [0.29, 0.717) is 19.7 Å². The van der Waals surface area contributed by atoms with Gasteiger partial charge in [-0.1, -0.05) is 12.1 Å². The van der Waals surface area contributed by atoms with Gasteiger partial charge >= 0.3 is 0 Å². The lowest BCUT2D eigenvalue weighted by atomic mass is 10.0. The zero-order valence-electron chi connectivity index (χ0n) is 12.2. The molecule has 0 aromatic heterocycles. The lowest BCUT2D eigenvalue weighted by molar-refractivity contribution is 0.00724. The first-order valence-corrected chi connectivity index (χ1v) is 7.44. The second-order valence-electron chi connectivity index (χ2n) is 5.21. The molecule has 4 heteroatoms. The topological polar surface area (TPSA) is 55.6 Å². The van der Waals surface area contributed by atoms with E-state index in [-0.39, 0.29) is 12.0 Å². The zero-order valence-corrected chi connectivity index (χ0v) is 12.2. The predicted octanol–water partition coefficient (Wildman–Crippen LogP) is 1.83. The Labute approximate surface area is 120 Å². The van der Waals surface area contributed by atoms with Gasteiger partial charge in [0.15, 0.2) is 0 Å². The van der Waals surface area contributed by atoms with Gasteiger partial charge in [-0.05, 0) is 50.4 Å². The quantitative estimate of drug-likeness (QED) is 0.892. The van der Waals surface area contributed by atoms with Gasteiger partial charge in [0.05, 0.1) is 6.10 Å². The number of piperidine rings is 1. The van der Waals surface area contributed by atoms with E-state index in [0.717, 1.165) is 31.4 Å². The fraction of sp³-hybridized carbons (Fsp3) is 0.562. The highest BCUT2D eigenvalue weighted by Crippen LogP contribution is 2.16. The molecule has 2 N–H and O–H groups in total. The van der Waals surface area contributed by atoms with Crippen molar-refractivity contribution in [1.29, 1.82) is 0 Å². The number of rotatable bonds is 5. The molecule has 0 bridgehead atoms. The van der Waals surface area contributed by atoms with E-state index in [1.807, 2.05) is 36.1 Å². The SMILES string of the molecule is CCOC1CCCN(C(=O)c2ccc(CCN)cc2)C1. The van der Waals surface area contributed by atoms with Crippen LogP contribution in [0.1, 0.15) is 35.7 Å². The Morgan fingerprint density at radius 1 is 1.40 bits per heavy atom. The molecule has 1 saturated heterocycles. The van der Waals surface area contributed by atoms with E-state index in [2.05, 4.69) is 0 Å². The number of carbonyl (C=O) groups is 1. The fourth-order valence-corrected chi connectivity index (χ4v) is 2.66. The van der Waals surface area contributed by atoms with Gasteiger partial charge in [0.25, 0.3) is 5.91 Å². The van der Waals surface area contributed by atoms with Crippen molar-refractivity contribution in [2.75, 3.05) is 26.2 Å². The summed E-state index contributed by atoms with van der Waals surface area (Å²) >= 11 is 0. The first kappa shape index (κ1) is 15.0. The van der Waals surface area contributed by atoms with E-state index >= 15 is 0 Å². The van der Waals surface area contributed by atoms with Crippen molar-refractivity contribution in [1.82, 2.24) is 4.90 Å². The van der Waals surface area contributed by atoms with Gasteiger partial charge in [-0.3, -0.25) is 4.79 Å². The highest BCUT2D eigenvalue weighted by molar-refractivity contribution is 5.94. The minimum Gasteiger partial charge on any atom is -0.377 e. The van der Waals surface area contributed by atoms with Crippen molar-refractivity contribution in [3.8, 4) is 0 Å². The smallest absolute Gasteiger partial charge is 0.253 e. The number of hydrogen-bond donors (Lipinski definition) is 1. The van der Waals surface area contributed by atoms with Crippen molar-refractivity contribution in [3.05, 3.63) is 35.4 Å². The van der Waals surface area contributed by atoms with Crippen LogP contribution in [0.5, 0.6) is 0 Å². The number of ether oxygens (including phenoxy) is 1. The van der Waals surface area contributed by atoms with Crippen molar-refractivity contribution in [3.63, 3.8) is 0 Å². The van der Waals surface area contributed by atoms with Crippen molar-refractivity contribution in [2.45, 2.75) is 32.3 Å². The van der Waals surface area contributed by atoms with E-state index in [1.54, 1.807) is 0 Å². The van der Waals surface area contributed by atoms with Gasteiger partial charge in [-0.15, -0.1) is 0 Å². The molecule has 0 radical (unpaired) electrons. The maximum absolute atomic E-state index is 12.5. The number of nitrogens with two attached hydrogens (primary N) is 1. The average molecular weight is 276 g/mol. The molecule has 1 atom stereocenters. The molecule has 1 aliphatic rings. The summed E-state index contributed by atoms with van der Waals surface area (Å²) in [6.45, 7) is 4.87. The van der Waals surface area contributed by atoms with Crippen molar-refractivity contribution < 1.29 is 9.53 Å². The van der Waals surface area contributed by atoms with Gasteiger partial charge in [0.1, 0.15) is 0 Å². The number of carbonyl (C=O) groups excluding carboxylic acids is 1. The highest BCUT2D eigenvalue weighted by Gasteiger charge is 2.24. The van der Waals surface area contributed by atoms with Crippen LogP contribution in [0.15, 0.2) is 24.3 Å². The molecule has 0 aliphatic carbocycles. The summed E-state index contributed by atoms with van der Waals surface area (Å²) in [5.74, 6) is 0.105. The van der Waals surface area contributed by atoms with Crippen LogP contribution in [0, 0.1) is 0 Å². The maximum Gasteiger partial charge on any atom is 0.253 e. The molecule has 20 heavy (non-hydrogen) atoms. The molecule has 0 spiro atoms. The summed E-state index contributed by atoms with van der Waals surface area (Å²) in [6, 6.07) is 7.78. The molecule has 2 rings (SSSR count). The summed E-state index contributed by atoms with van der Waals surface area (Å²) in [4.78, 5) is 14.4. The summed E-state index contributed by atoms with van der Waals surface area (Å²) in [6.07, 6.45) is 3.11. The molecule has 1 heterocycles. The number of hydrogen-bond acceptors (Lipinski definition) is 3. The van der Waals surface area contributed by atoms with Gasteiger partial charge in [-0.2, -0.15) is 0 Å². The van der Waals surface area contributed by atoms with Crippen LogP contribution in [0.25, 0.3) is 0 Å². The Balaban J connectivity index is 1.99. The van der Waals surface area contributed by atoms with E-state index < -0.39 is 0 Å². The highest BCUT2D eigenvalue weighted by atomic mass is 16.5. The van der Waals surface area contributed by atoms with Crippen LogP contribution in [0.3, 0.4) is 0 Å². The van der Waals surface area contributed by atoms with E-state index in [1.165, 1.54) is 5.56 Å². The van der Waals surface area contributed by atoms with Crippen molar-refractivity contribution >= 4 is 5.91 Å². The largest absolute Gasteiger partial charge is 0.377 e. The van der Waals surface area contributed by atoms with Crippen LogP contribution >= 0.6 is 0 Å². The minimum atomic E-state index is 0.105.